The van der Waals surface area contributed by atoms with E-state index < -0.39 is 0 Å². The van der Waals surface area contributed by atoms with Gasteiger partial charge in [0, 0.05) is 19.3 Å². The highest BCUT2D eigenvalue weighted by Crippen LogP contribution is 2.29. The summed E-state index contributed by atoms with van der Waals surface area (Å²) < 4.78 is 1.65. The first-order valence-electron chi connectivity index (χ1n) is 6.11. The van der Waals surface area contributed by atoms with Crippen LogP contribution in [0.25, 0.3) is 22.3 Å². The summed E-state index contributed by atoms with van der Waals surface area (Å²) in [4.78, 5) is 4.39. The van der Waals surface area contributed by atoms with E-state index in [9.17, 15) is 0 Å². The average molecular weight is 257 g/mol. The number of aryl methyl sites for hydroxylation is 1. The second-order valence-electron chi connectivity index (χ2n) is 4.73. The van der Waals surface area contributed by atoms with Gasteiger partial charge < -0.3 is 5.32 Å². The Kier molecular flexibility index (Phi) is 2.66. The Morgan fingerprint density at radius 2 is 2.21 bits per heavy atom. The van der Waals surface area contributed by atoms with Crippen LogP contribution in [0.15, 0.2) is 18.5 Å². The van der Waals surface area contributed by atoms with Gasteiger partial charge in [-0.1, -0.05) is 5.21 Å². The van der Waals surface area contributed by atoms with Crippen LogP contribution in [-0.2, 0) is 7.05 Å². The Hall–Kier alpha value is -2.44. The second kappa shape index (κ2) is 4.34. The minimum absolute atomic E-state index is 0.294. The van der Waals surface area contributed by atoms with Crippen molar-refractivity contribution in [3.05, 3.63) is 18.5 Å². The van der Waals surface area contributed by atoms with E-state index in [2.05, 4.69) is 44.7 Å². The van der Waals surface area contributed by atoms with Gasteiger partial charge in [0.25, 0.3) is 0 Å². The Balaban J connectivity index is 2.20. The number of nitrogens with one attached hydrogen (secondary N) is 2. The van der Waals surface area contributed by atoms with Crippen LogP contribution < -0.4 is 5.32 Å². The van der Waals surface area contributed by atoms with E-state index >= 15 is 0 Å². The molecular formula is C12H15N7. The first-order valence-corrected chi connectivity index (χ1v) is 6.11. The second-order valence-corrected chi connectivity index (χ2v) is 4.73. The zero-order valence-corrected chi connectivity index (χ0v) is 11.0. The van der Waals surface area contributed by atoms with Crippen molar-refractivity contribution in [2.75, 3.05) is 5.32 Å². The van der Waals surface area contributed by atoms with Gasteiger partial charge in [-0.15, -0.1) is 5.10 Å². The van der Waals surface area contributed by atoms with Crippen molar-refractivity contribution in [1.29, 1.82) is 0 Å². The molecule has 3 aromatic rings. The quantitative estimate of drug-likeness (QED) is 0.744. The van der Waals surface area contributed by atoms with Gasteiger partial charge >= 0.3 is 0 Å². The van der Waals surface area contributed by atoms with Gasteiger partial charge in [0.1, 0.15) is 17.2 Å². The fraction of sp³-hybridized carbons (Fsp3) is 0.333. The maximum atomic E-state index is 4.39. The number of aromatic amines is 1. The Morgan fingerprint density at radius 3 is 2.89 bits per heavy atom. The fourth-order valence-electron chi connectivity index (χ4n) is 1.99. The van der Waals surface area contributed by atoms with Gasteiger partial charge in [0.2, 0.25) is 0 Å². The summed E-state index contributed by atoms with van der Waals surface area (Å²) in [6, 6.07) is 2.19. The molecule has 0 unspecified atom stereocenters. The third-order valence-electron chi connectivity index (χ3n) is 2.75. The molecule has 7 heteroatoms. The third kappa shape index (κ3) is 2.03. The standard InChI is InChI=1S/C12H15N7/c1-7(2)14-12-10-8(4-5-13-12)15-17-11(10)9-6-19(3)18-16-9/h4-7H,1-3H3,(H,13,14)(H,15,17). The zero-order valence-electron chi connectivity index (χ0n) is 11.0. The molecule has 0 amide bonds. The lowest BCUT2D eigenvalue weighted by molar-refractivity contribution is 0.715. The molecule has 0 aliphatic heterocycles. The van der Waals surface area contributed by atoms with E-state index in [0.717, 1.165) is 28.1 Å². The van der Waals surface area contributed by atoms with Gasteiger partial charge in [-0.05, 0) is 19.9 Å². The fourth-order valence-corrected chi connectivity index (χ4v) is 1.99. The zero-order chi connectivity index (χ0) is 13.4. The van der Waals surface area contributed by atoms with Gasteiger partial charge in [-0.2, -0.15) is 5.10 Å². The average Bonchev–Trinajstić information content (AvgIpc) is 2.94. The van der Waals surface area contributed by atoms with E-state index in [1.54, 1.807) is 10.9 Å². The van der Waals surface area contributed by atoms with Crippen molar-refractivity contribution < 1.29 is 0 Å². The maximum Gasteiger partial charge on any atom is 0.137 e. The van der Waals surface area contributed by atoms with Crippen LogP contribution >= 0.6 is 0 Å². The highest BCUT2D eigenvalue weighted by molar-refractivity contribution is 5.99. The SMILES string of the molecule is CC(C)Nc1nccc2[nH]nc(-c3cn(C)nn3)c12. The van der Waals surface area contributed by atoms with E-state index in [1.807, 2.05) is 19.3 Å². The van der Waals surface area contributed by atoms with Gasteiger partial charge in [-0.25, -0.2) is 4.98 Å². The minimum atomic E-state index is 0.294. The molecule has 0 bridgehead atoms. The number of pyridine rings is 1. The van der Waals surface area contributed by atoms with Crippen molar-refractivity contribution in [3.8, 4) is 11.4 Å². The Bertz CT molecular complexity index is 710. The number of nitrogens with zero attached hydrogens (tertiary/aromatic N) is 5. The summed E-state index contributed by atoms with van der Waals surface area (Å²) in [6.45, 7) is 4.14. The monoisotopic (exact) mass is 257 g/mol. The van der Waals surface area contributed by atoms with E-state index in [1.165, 1.54) is 0 Å². The van der Waals surface area contributed by atoms with Crippen LogP contribution in [0, 0.1) is 0 Å². The number of H-pyrrole nitrogens is 1. The molecule has 19 heavy (non-hydrogen) atoms. The van der Waals surface area contributed by atoms with Gasteiger partial charge in [0.15, 0.2) is 0 Å². The number of fused-ring (bicyclic) bond motifs is 1. The number of hydrogen-bond acceptors (Lipinski definition) is 5. The van der Waals surface area contributed by atoms with Crippen molar-refractivity contribution in [2.24, 2.45) is 7.05 Å². The Morgan fingerprint density at radius 1 is 1.37 bits per heavy atom. The lowest BCUT2D eigenvalue weighted by Gasteiger charge is -2.09. The summed E-state index contributed by atoms with van der Waals surface area (Å²) in [6.07, 6.45) is 3.59. The minimum Gasteiger partial charge on any atom is -0.367 e. The predicted octanol–water partition coefficient (Wildman–Crippen LogP) is 1.57. The topological polar surface area (TPSA) is 84.3 Å². The summed E-state index contributed by atoms with van der Waals surface area (Å²) in [5, 5.41) is 19.6. The molecule has 0 aliphatic rings. The lowest BCUT2D eigenvalue weighted by atomic mass is 10.2. The molecule has 0 saturated carbocycles. The van der Waals surface area contributed by atoms with Crippen molar-refractivity contribution in [2.45, 2.75) is 19.9 Å². The summed E-state index contributed by atoms with van der Waals surface area (Å²) in [5.41, 5.74) is 2.42. The summed E-state index contributed by atoms with van der Waals surface area (Å²) >= 11 is 0. The molecular weight excluding hydrogens is 242 g/mol. The molecule has 3 rings (SSSR count). The molecule has 0 saturated heterocycles. The summed E-state index contributed by atoms with van der Waals surface area (Å²) in [7, 11) is 1.83. The van der Waals surface area contributed by atoms with E-state index in [-0.39, 0.29) is 0 Å². The van der Waals surface area contributed by atoms with E-state index in [0.29, 0.717) is 6.04 Å². The normalized spacial score (nSPS) is 11.4. The van der Waals surface area contributed by atoms with Crippen molar-refractivity contribution in [1.82, 2.24) is 30.2 Å². The lowest BCUT2D eigenvalue weighted by Crippen LogP contribution is -2.11. The number of hydrogen-bond donors (Lipinski definition) is 2. The molecule has 7 nitrogen and oxygen atoms in total. The van der Waals surface area contributed by atoms with Crippen molar-refractivity contribution >= 4 is 16.7 Å². The smallest absolute Gasteiger partial charge is 0.137 e. The highest BCUT2D eigenvalue weighted by atomic mass is 15.4. The molecule has 0 aromatic carbocycles. The van der Waals surface area contributed by atoms with Crippen molar-refractivity contribution in [3.63, 3.8) is 0 Å². The first-order chi connectivity index (χ1) is 9.15. The molecule has 0 spiro atoms. The largest absolute Gasteiger partial charge is 0.367 e. The molecule has 3 heterocycles. The highest BCUT2D eigenvalue weighted by Gasteiger charge is 2.16. The summed E-state index contributed by atoms with van der Waals surface area (Å²) in [5.74, 6) is 0.807. The first kappa shape index (κ1) is 11.6. The number of aromatic nitrogens is 6. The molecule has 0 radical (unpaired) electrons. The van der Waals surface area contributed by atoms with Gasteiger partial charge in [-0.3, -0.25) is 9.78 Å². The predicted molar refractivity (Wildman–Crippen MR) is 72.6 cm³/mol. The molecule has 0 aliphatic carbocycles. The van der Waals surface area contributed by atoms with Crippen LogP contribution in [-0.4, -0.2) is 36.2 Å². The maximum absolute atomic E-state index is 4.39. The number of anilines is 1. The molecule has 0 atom stereocenters. The van der Waals surface area contributed by atoms with Crippen LogP contribution in [0.4, 0.5) is 5.82 Å². The van der Waals surface area contributed by atoms with Crippen LogP contribution in [0.1, 0.15) is 13.8 Å². The van der Waals surface area contributed by atoms with Gasteiger partial charge in [0.05, 0.1) is 17.1 Å². The molecule has 2 N–H and O–H groups in total. The van der Waals surface area contributed by atoms with Crippen LogP contribution in [0.5, 0.6) is 0 Å². The number of rotatable bonds is 3. The molecule has 0 fully saturated rings. The molecule has 98 valence electrons. The van der Waals surface area contributed by atoms with Crippen LogP contribution in [0.3, 0.4) is 0 Å². The van der Waals surface area contributed by atoms with E-state index in [4.69, 9.17) is 0 Å². The third-order valence-corrected chi connectivity index (χ3v) is 2.75. The van der Waals surface area contributed by atoms with Crippen LogP contribution in [0.2, 0.25) is 0 Å². The Labute approximate surface area is 110 Å². The molecule has 3 aromatic heterocycles.